The van der Waals surface area contributed by atoms with E-state index in [1.54, 1.807) is 24.5 Å². The Bertz CT molecular complexity index is 601. The van der Waals surface area contributed by atoms with Crippen LogP contribution in [0, 0.1) is 3.57 Å². The molecule has 1 aromatic heterocycles. The first-order valence-corrected chi connectivity index (χ1v) is 6.25. The lowest BCUT2D eigenvalue weighted by molar-refractivity contribution is 0.0693. The summed E-state index contributed by atoms with van der Waals surface area (Å²) in [6.45, 7) is 0. The molecule has 19 heavy (non-hydrogen) atoms. The summed E-state index contributed by atoms with van der Waals surface area (Å²) in [6.07, 6.45) is 3.14. The Labute approximate surface area is 122 Å². The largest absolute Gasteiger partial charge is 0.493 e. The highest BCUT2D eigenvalue weighted by Gasteiger charge is 2.17. The lowest BCUT2D eigenvalue weighted by atomic mass is 10.2. The minimum absolute atomic E-state index is 0.0125. The third-order valence-corrected chi connectivity index (χ3v) is 2.78. The van der Waals surface area contributed by atoms with Crippen molar-refractivity contribution in [3.63, 3.8) is 0 Å². The van der Waals surface area contributed by atoms with Crippen LogP contribution in [0.4, 0.5) is 0 Å². The van der Waals surface area contributed by atoms with Crippen molar-refractivity contribution in [1.82, 2.24) is 9.97 Å². The lowest BCUT2D eigenvalue weighted by Crippen LogP contribution is -2.03. The highest BCUT2D eigenvalue weighted by Crippen LogP contribution is 2.33. The third kappa shape index (κ3) is 3.11. The van der Waals surface area contributed by atoms with Crippen LogP contribution in [-0.4, -0.2) is 28.2 Å². The maximum atomic E-state index is 11.2. The molecule has 0 unspecified atom stereocenters. The zero-order valence-corrected chi connectivity index (χ0v) is 12.0. The van der Waals surface area contributed by atoms with Gasteiger partial charge < -0.3 is 14.6 Å². The standard InChI is InChI=1S/C12H9IN2O4/c1-18-9-4-2-3-8(11(16)17)10(9)19-12-14-5-7(13)6-15-12/h2-6H,1H3,(H,16,17). The van der Waals surface area contributed by atoms with Gasteiger partial charge in [-0.25, -0.2) is 14.8 Å². The molecule has 0 bridgehead atoms. The molecule has 0 amide bonds. The van der Waals surface area contributed by atoms with Gasteiger partial charge in [0, 0.05) is 16.0 Å². The highest BCUT2D eigenvalue weighted by atomic mass is 127. The van der Waals surface area contributed by atoms with E-state index in [9.17, 15) is 4.79 Å². The molecule has 7 heteroatoms. The van der Waals surface area contributed by atoms with E-state index >= 15 is 0 Å². The van der Waals surface area contributed by atoms with Gasteiger partial charge in [-0.05, 0) is 34.7 Å². The fraction of sp³-hybridized carbons (Fsp3) is 0.0833. The maximum absolute atomic E-state index is 11.2. The van der Waals surface area contributed by atoms with Gasteiger partial charge >= 0.3 is 12.0 Å². The smallest absolute Gasteiger partial charge is 0.339 e. The Morgan fingerprint density at radius 1 is 1.32 bits per heavy atom. The Morgan fingerprint density at radius 2 is 2.00 bits per heavy atom. The molecule has 0 radical (unpaired) electrons. The Balaban J connectivity index is 2.42. The van der Waals surface area contributed by atoms with Crippen molar-refractivity contribution in [3.8, 4) is 17.5 Å². The predicted molar refractivity (Wildman–Crippen MR) is 74.8 cm³/mol. The van der Waals surface area contributed by atoms with E-state index in [-0.39, 0.29) is 17.3 Å². The molecule has 0 aliphatic rings. The number of halogens is 1. The van der Waals surface area contributed by atoms with E-state index in [1.807, 2.05) is 0 Å². The van der Waals surface area contributed by atoms with Gasteiger partial charge in [-0.1, -0.05) is 6.07 Å². The van der Waals surface area contributed by atoms with E-state index in [0.717, 1.165) is 3.57 Å². The van der Waals surface area contributed by atoms with Crippen LogP contribution in [0.2, 0.25) is 0 Å². The monoisotopic (exact) mass is 372 g/mol. The second kappa shape index (κ2) is 5.83. The predicted octanol–water partition coefficient (Wildman–Crippen LogP) is 2.58. The molecule has 2 aromatic rings. The molecule has 1 heterocycles. The van der Waals surface area contributed by atoms with Crippen LogP contribution in [0.15, 0.2) is 30.6 Å². The molecule has 98 valence electrons. The van der Waals surface area contributed by atoms with Crippen LogP contribution >= 0.6 is 22.6 Å². The fourth-order valence-electron chi connectivity index (χ4n) is 1.39. The number of methoxy groups -OCH3 is 1. The van der Waals surface area contributed by atoms with Crippen LogP contribution in [0.25, 0.3) is 0 Å². The Morgan fingerprint density at radius 3 is 2.58 bits per heavy atom. The maximum Gasteiger partial charge on any atom is 0.339 e. The number of aromatic nitrogens is 2. The molecule has 0 saturated carbocycles. The van der Waals surface area contributed by atoms with Gasteiger partial charge in [-0.15, -0.1) is 0 Å². The quantitative estimate of drug-likeness (QED) is 0.831. The van der Waals surface area contributed by atoms with Gasteiger partial charge in [0.05, 0.1) is 7.11 Å². The Hall–Kier alpha value is -1.90. The number of hydrogen-bond donors (Lipinski definition) is 1. The van der Waals surface area contributed by atoms with E-state index in [1.165, 1.54) is 13.2 Å². The van der Waals surface area contributed by atoms with E-state index < -0.39 is 5.97 Å². The van der Waals surface area contributed by atoms with Gasteiger partial charge in [-0.3, -0.25) is 0 Å². The number of carboxylic acid groups (broad SMARTS) is 1. The van der Waals surface area contributed by atoms with E-state index in [2.05, 4.69) is 32.6 Å². The molecule has 1 aromatic carbocycles. The second-order valence-corrected chi connectivity index (χ2v) is 4.67. The molecule has 0 fully saturated rings. The molecular formula is C12H9IN2O4. The average Bonchev–Trinajstić information content (AvgIpc) is 2.41. The molecule has 0 spiro atoms. The summed E-state index contributed by atoms with van der Waals surface area (Å²) >= 11 is 2.06. The lowest BCUT2D eigenvalue weighted by Gasteiger charge is -2.11. The van der Waals surface area contributed by atoms with E-state index in [0.29, 0.717) is 5.75 Å². The van der Waals surface area contributed by atoms with Gasteiger partial charge in [0.25, 0.3) is 0 Å². The number of hydrogen-bond acceptors (Lipinski definition) is 5. The zero-order valence-electron chi connectivity index (χ0n) is 9.83. The van der Waals surface area contributed by atoms with Gasteiger partial charge in [-0.2, -0.15) is 0 Å². The third-order valence-electron chi connectivity index (χ3n) is 2.22. The summed E-state index contributed by atoms with van der Waals surface area (Å²) in [7, 11) is 1.43. The molecule has 6 nitrogen and oxygen atoms in total. The van der Waals surface area contributed by atoms with Crippen LogP contribution < -0.4 is 9.47 Å². The summed E-state index contributed by atoms with van der Waals surface area (Å²) in [5.41, 5.74) is -0.0125. The van der Waals surface area contributed by atoms with Crippen molar-refractivity contribution in [2.24, 2.45) is 0 Å². The summed E-state index contributed by atoms with van der Waals surface area (Å²) in [4.78, 5) is 19.1. The summed E-state index contributed by atoms with van der Waals surface area (Å²) in [5.74, 6) is -0.722. The van der Waals surface area contributed by atoms with E-state index in [4.69, 9.17) is 14.6 Å². The van der Waals surface area contributed by atoms with Gasteiger partial charge in [0.1, 0.15) is 5.56 Å². The number of carbonyl (C=O) groups is 1. The van der Waals surface area contributed by atoms with Gasteiger partial charge in [0.15, 0.2) is 11.5 Å². The van der Waals surface area contributed by atoms with Gasteiger partial charge in [0.2, 0.25) is 0 Å². The molecule has 0 aliphatic heterocycles. The van der Waals surface area contributed by atoms with Crippen LogP contribution in [0.1, 0.15) is 10.4 Å². The van der Waals surface area contributed by atoms with Crippen LogP contribution in [0.5, 0.6) is 17.5 Å². The SMILES string of the molecule is COc1cccc(C(=O)O)c1Oc1ncc(I)cn1. The first-order valence-electron chi connectivity index (χ1n) is 5.17. The van der Waals surface area contributed by atoms with Crippen molar-refractivity contribution in [1.29, 1.82) is 0 Å². The molecule has 2 rings (SSSR count). The number of para-hydroxylation sites is 1. The van der Waals surface area contributed by atoms with Crippen molar-refractivity contribution >= 4 is 28.6 Å². The summed E-state index contributed by atoms with van der Waals surface area (Å²) in [6, 6.07) is 4.66. The number of rotatable bonds is 4. The first-order chi connectivity index (χ1) is 9.11. The number of benzene rings is 1. The minimum atomic E-state index is -1.11. The number of ether oxygens (including phenoxy) is 2. The minimum Gasteiger partial charge on any atom is -0.493 e. The summed E-state index contributed by atoms with van der Waals surface area (Å²) < 4.78 is 11.4. The van der Waals surface area contributed by atoms with Crippen LogP contribution in [0.3, 0.4) is 0 Å². The van der Waals surface area contributed by atoms with Crippen molar-refractivity contribution in [2.45, 2.75) is 0 Å². The number of carboxylic acids is 1. The fourth-order valence-corrected chi connectivity index (χ4v) is 1.67. The molecule has 0 saturated heterocycles. The zero-order chi connectivity index (χ0) is 13.8. The van der Waals surface area contributed by atoms with Crippen molar-refractivity contribution in [3.05, 3.63) is 39.7 Å². The average molecular weight is 372 g/mol. The molecule has 1 N–H and O–H groups in total. The Kier molecular flexibility index (Phi) is 4.15. The molecular weight excluding hydrogens is 363 g/mol. The first kappa shape index (κ1) is 13.5. The second-order valence-electron chi connectivity index (χ2n) is 3.43. The topological polar surface area (TPSA) is 81.5 Å². The molecule has 0 atom stereocenters. The van der Waals surface area contributed by atoms with Crippen molar-refractivity contribution in [2.75, 3.05) is 7.11 Å². The van der Waals surface area contributed by atoms with Crippen LogP contribution in [-0.2, 0) is 0 Å². The highest BCUT2D eigenvalue weighted by molar-refractivity contribution is 14.1. The molecule has 0 aliphatic carbocycles. The number of nitrogens with zero attached hydrogens (tertiary/aromatic N) is 2. The normalized spacial score (nSPS) is 10.0. The number of aromatic carboxylic acids is 1. The summed E-state index contributed by atoms with van der Waals surface area (Å²) in [5, 5.41) is 9.13. The van der Waals surface area contributed by atoms with Crippen molar-refractivity contribution < 1.29 is 19.4 Å².